The normalized spacial score (nSPS) is 29.2. The van der Waals surface area contributed by atoms with Crippen LogP contribution in [-0.2, 0) is 0 Å². The monoisotopic (exact) mass is 175 g/mol. The van der Waals surface area contributed by atoms with E-state index in [-0.39, 0.29) is 5.92 Å². The summed E-state index contributed by atoms with van der Waals surface area (Å²) in [4.78, 5) is 0. The molecular weight excluding hydrogens is 162 g/mol. The molecule has 0 aromatic heterocycles. The molecule has 0 aromatic rings. The fourth-order valence-corrected chi connectivity index (χ4v) is 2.26. The van der Waals surface area contributed by atoms with Crippen LogP contribution in [0.25, 0.3) is 0 Å². The van der Waals surface area contributed by atoms with Crippen LogP contribution in [0.1, 0.15) is 32.1 Å². The maximum Gasteiger partial charge on any atom is 0.146 e. The van der Waals surface area contributed by atoms with Gasteiger partial charge in [0.1, 0.15) is 5.60 Å². The van der Waals surface area contributed by atoms with Gasteiger partial charge in [0, 0.05) is 5.92 Å². The summed E-state index contributed by atoms with van der Waals surface area (Å²) in [6.45, 7) is 0. The number of hydrogen-bond acceptors (Lipinski definition) is 2. The molecule has 0 unspecified atom stereocenters. The lowest BCUT2D eigenvalue weighted by atomic mass is 9.58. The van der Waals surface area contributed by atoms with E-state index in [4.69, 9.17) is 11.7 Å². The first-order valence-electron chi connectivity index (χ1n) is 4.80. The van der Waals surface area contributed by atoms with Gasteiger partial charge in [-0.05, 0) is 32.1 Å². The van der Waals surface area contributed by atoms with E-state index in [1.54, 1.807) is 0 Å². The minimum Gasteiger partial charge on any atom is -0.376 e. The third-order valence-electron chi connectivity index (χ3n) is 3.54. The minimum absolute atomic E-state index is 0.178. The molecule has 13 heavy (non-hydrogen) atoms. The Balaban J connectivity index is 2.30. The average Bonchev–Trinajstić information content (AvgIpc) is 2.85. The van der Waals surface area contributed by atoms with Crippen molar-refractivity contribution in [1.82, 2.24) is 0 Å². The third kappa shape index (κ3) is 0.929. The lowest BCUT2D eigenvalue weighted by molar-refractivity contribution is -0.0639. The molecule has 0 bridgehead atoms. The van der Waals surface area contributed by atoms with Crippen LogP contribution in [0.4, 0.5) is 0 Å². The lowest BCUT2D eigenvalue weighted by Gasteiger charge is -2.45. The van der Waals surface area contributed by atoms with Crippen molar-refractivity contribution >= 4 is 0 Å². The largest absolute Gasteiger partial charge is 0.376 e. The third-order valence-corrected chi connectivity index (χ3v) is 3.54. The molecule has 0 radical (unpaired) electrons. The molecule has 1 atom stereocenters. The Morgan fingerprint density at radius 2 is 2.08 bits per heavy atom. The van der Waals surface area contributed by atoms with E-state index in [2.05, 4.69) is 12.0 Å². The zero-order valence-corrected chi connectivity index (χ0v) is 7.58. The number of nitriles is 1. The quantitative estimate of drug-likeness (QED) is 0.645. The first-order chi connectivity index (χ1) is 6.18. The zero-order valence-electron chi connectivity index (χ0n) is 7.58. The molecule has 0 amide bonds. The first kappa shape index (κ1) is 8.60. The molecule has 0 aliphatic heterocycles. The molecule has 2 nitrogen and oxygen atoms in total. The van der Waals surface area contributed by atoms with Crippen LogP contribution in [0.5, 0.6) is 0 Å². The highest BCUT2D eigenvalue weighted by atomic mass is 16.3. The molecule has 2 rings (SSSR count). The van der Waals surface area contributed by atoms with Gasteiger partial charge in [-0.2, -0.15) is 5.26 Å². The number of terminal acetylenes is 1. The Kier molecular flexibility index (Phi) is 1.65. The predicted octanol–water partition coefficient (Wildman–Crippen LogP) is 1.45. The smallest absolute Gasteiger partial charge is 0.146 e. The van der Waals surface area contributed by atoms with Crippen LogP contribution in [0.2, 0.25) is 0 Å². The van der Waals surface area contributed by atoms with E-state index in [0.29, 0.717) is 0 Å². The van der Waals surface area contributed by atoms with Gasteiger partial charge in [-0.1, -0.05) is 5.92 Å². The molecular formula is C11H13NO. The van der Waals surface area contributed by atoms with Gasteiger partial charge < -0.3 is 5.11 Å². The second-order valence-corrected chi connectivity index (χ2v) is 4.23. The van der Waals surface area contributed by atoms with Gasteiger partial charge in [0.2, 0.25) is 0 Å². The first-order valence-corrected chi connectivity index (χ1v) is 4.80. The van der Waals surface area contributed by atoms with Crippen LogP contribution < -0.4 is 0 Å². The summed E-state index contributed by atoms with van der Waals surface area (Å²) in [7, 11) is 0. The standard InChI is InChI=1S/C11H13NO/c1-2-11(13,9-4-5-9)10(8-12)6-3-7-10/h1,9,13H,3-7H2/t11-/m1/s1. The van der Waals surface area contributed by atoms with Crippen molar-refractivity contribution in [3.8, 4) is 18.4 Å². The minimum atomic E-state index is -1.14. The average molecular weight is 175 g/mol. The fourth-order valence-electron chi connectivity index (χ4n) is 2.26. The fraction of sp³-hybridized carbons (Fsp3) is 0.727. The van der Waals surface area contributed by atoms with Gasteiger partial charge in [-0.25, -0.2) is 0 Å². The van der Waals surface area contributed by atoms with Crippen molar-refractivity contribution < 1.29 is 5.11 Å². The number of hydrogen-bond donors (Lipinski definition) is 1. The van der Waals surface area contributed by atoms with Gasteiger partial charge in [0.05, 0.1) is 11.5 Å². The Labute approximate surface area is 78.6 Å². The van der Waals surface area contributed by atoms with E-state index in [1.165, 1.54) is 0 Å². The lowest BCUT2D eigenvalue weighted by Crippen LogP contribution is -2.52. The molecule has 2 fully saturated rings. The molecule has 0 spiro atoms. The topological polar surface area (TPSA) is 44.0 Å². The molecule has 0 heterocycles. The highest BCUT2D eigenvalue weighted by molar-refractivity contribution is 5.29. The molecule has 0 saturated heterocycles. The van der Waals surface area contributed by atoms with Crippen molar-refractivity contribution in [2.75, 3.05) is 0 Å². The van der Waals surface area contributed by atoms with E-state index in [1.807, 2.05) is 0 Å². The number of nitrogens with zero attached hydrogens (tertiary/aromatic N) is 1. The van der Waals surface area contributed by atoms with Gasteiger partial charge >= 0.3 is 0 Å². The molecule has 1 N–H and O–H groups in total. The summed E-state index contributed by atoms with van der Waals surface area (Å²) in [5.74, 6) is 2.65. The maximum atomic E-state index is 10.3. The summed E-state index contributed by atoms with van der Waals surface area (Å²) < 4.78 is 0. The van der Waals surface area contributed by atoms with Crippen molar-refractivity contribution in [2.24, 2.45) is 11.3 Å². The van der Waals surface area contributed by atoms with Crippen LogP contribution in [0.15, 0.2) is 0 Å². The predicted molar refractivity (Wildman–Crippen MR) is 48.4 cm³/mol. The Hall–Kier alpha value is -0.990. The number of aliphatic hydroxyl groups is 1. The van der Waals surface area contributed by atoms with Crippen LogP contribution >= 0.6 is 0 Å². The van der Waals surface area contributed by atoms with Crippen LogP contribution in [-0.4, -0.2) is 10.7 Å². The summed E-state index contributed by atoms with van der Waals surface area (Å²) in [6, 6.07) is 2.24. The summed E-state index contributed by atoms with van der Waals surface area (Å²) >= 11 is 0. The van der Waals surface area contributed by atoms with E-state index < -0.39 is 11.0 Å². The van der Waals surface area contributed by atoms with E-state index in [9.17, 15) is 5.11 Å². The zero-order chi connectivity index (χ0) is 9.53. The molecule has 2 aliphatic rings. The molecule has 2 saturated carbocycles. The molecule has 0 aromatic carbocycles. The van der Waals surface area contributed by atoms with Crippen LogP contribution in [0.3, 0.4) is 0 Å². The van der Waals surface area contributed by atoms with Gasteiger partial charge in [-0.3, -0.25) is 0 Å². The van der Waals surface area contributed by atoms with Gasteiger partial charge in [-0.15, -0.1) is 6.42 Å². The van der Waals surface area contributed by atoms with Crippen molar-refractivity contribution in [1.29, 1.82) is 5.26 Å². The summed E-state index contributed by atoms with van der Waals surface area (Å²) in [5.41, 5.74) is -1.76. The SMILES string of the molecule is C#C[C@@](O)(C1CC1)C1(C#N)CCC1. The molecule has 2 aliphatic carbocycles. The Morgan fingerprint density at radius 3 is 2.31 bits per heavy atom. The summed E-state index contributed by atoms with van der Waals surface area (Å²) in [6.07, 6.45) is 9.87. The van der Waals surface area contributed by atoms with Gasteiger partial charge in [0.25, 0.3) is 0 Å². The Bertz CT molecular complexity index is 301. The number of rotatable bonds is 2. The van der Waals surface area contributed by atoms with Crippen LogP contribution in [0, 0.1) is 35.0 Å². The Morgan fingerprint density at radius 1 is 1.46 bits per heavy atom. The highest BCUT2D eigenvalue weighted by Crippen LogP contribution is 2.57. The molecule has 68 valence electrons. The van der Waals surface area contributed by atoms with E-state index in [0.717, 1.165) is 32.1 Å². The second-order valence-electron chi connectivity index (χ2n) is 4.23. The van der Waals surface area contributed by atoms with Gasteiger partial charge in [0.15, 0.2) is 0 Å². The van der Waals surface area contributed by atoms with Crippen molar-refractivity contribution in [2.45, 2.75) is 37.7 Å². The van der Waals surface area contributed by atoms with Crippen molar-refractivity contribution in [3.63, 3.8) is 0 Å². The summed E-state index contributed by atoms with van der Waals surface area (Å²) in [5, 5.41) is 19.3. The second kappa shape index (κ2) is 2.50. The van der Waals surface area contributed by atoms with E-state index >= 15 is 0 Å². The maximum absolute atomic E-state index is 10.3. The highest BCUT2D eigenvalue weighted by Gasteiger charge is 2.60. The molecule has 2 heteroatoms. The van der Waals surface area contributed by atoms with Crippen molar-refractivity contribution in [3.05, 3.63) is 0 Å².